The topological polar surface area (TPSA) is 45.7 Å². The van der Waals surface area contributed by atoms with Gasteiger partial charge in [-0.25, -0.2) is 4.98 Å². The van der Waals surface area contributed by atoms with Crippen LogP contribution in [0.3, 0.4) is 0 Å². The average Bonchev–Trinajstić information content (AvgIpc) is 3.36. The van der Waals surface area contributed by atoms with Crippen LogP contribution in [0.25, 0.3) is 16.3 Å². The van der Waals surface area contributed by atoms with Crippen molar-refractivity contribution in [3.05, 3.63) is 51.1 Å². The van der Waals surface area contributed by atoms with Crippen LogP contribution < -0.4 is 4.90 Å². The minimum Gasteiger partial charge on any atom is -0.379 e. The number of nitrogens with zero attached hydrogens (tertiary/aromatic N) is 3. The third-order valence-electron chi connectivity index (χ3n) is 4.51. The van der Waals surface area contributed by atoms with Crippen LogP contribution in [0, 0.1) is 0 Å². The van der Waals surface area contributed by atoms with Crippen molar-refractivity contribution in [2.24, 2.45) is 0 Å². The van der Waals surface area contributed by atoms with Crippen LogP contribution in [-0.2, 0) is 9.53 Å². The number of hydrogen-bond acceptors (Lipinski definition) is 6. The van der Waals surface area contributed by atoms with Gasteiger partial charge in [-0.1, -0.05) is 33.3 Å². The molecule has 1 aromatic carbocycles. The Balaban J connectivity index is 1.56. The minimum atomic E-state index is -0.0419. The molecule has 1 aliphatic rings. The highest BCUT2D eigenvalue weighted by atomic mass is 79.9. The standard InChI is InChI=1S/C20H20BrN3O2S2/c21-15-3-5-17-18(14-15)28-20(22-17)24(8-7-23-9-11-26-12-10-23)19(25)6-4-16-2-1-13-27-16/h1-6,13-14H,7-12H2/b6-4+. The number of morpholine rings is 1. The molecule has 146 valence electrons. The zero-order valence-electron chi connectivity index (χ0n) is 15.2. The zero-order valence-corrected chi connectivity index (χ0v) is 18.4. The van der Waals surface area contributed by atoms with Crippen LogP contribution in [0.4, 0.5) is 5.13 Å². The summed E-state index contributed by atoms with van der Waals surface area (Å²) in [5, 5.41) is 2.74. The fraction of sp³-hybridized carbons (Fsp3) is 0.300. The number of aromatic nitrogens is 1. The van der Waals surface area contributed by atoms with E-state index in [0.29, 0.717) is 6.54 Å². The number of ether oxygens (including phenoxy) is 1. The van der Waals surface area contributed by atoms with Gasteiger partial charge in [-0.2, -0.15) is 0 Å². The molecule has 1 aliphatic heterocycles. The molecule has 5 nitrogen and oxygen atoms in total. The highest BCUT2D eigenvalue weighted by Crippen LogP contribution is 2.31. The summed E-state index contributed by atoms with van der Waals surface area (Å²) >= 11 is 6.67. The van der Waals surface area contributed by atoms with E-state index < -0.39 is 0 Å². The van der Waals surface area contributed by atoms with Gasteiger partial charge in [0.2, 0.25) is 0 Å². The van der Waals surface area contributed by atoms with E-state index in [-0.39, 0.29) is 5.91 Å². The van der Waals surface area contributed by atoms with Gasteiger partial charge in [-0.05, 0) is 35.7 Å². The van der Waals surface area contributed by atoms with Crippen LogP contribution in [0.2, 0.25) is 0 Å². The van der Waals surface area contributed by atoms with Crippen LogP contribution in [0.1, 0.15) is 4.88 Å². The van der Waals surface area contributed by atoms with E-state index in [2.05, 4.69) is 20.8 Å². The molecule has 1 amide bonds. The molecule has 3 aromatic rings. The van der Waals surface area contributed by atoms with Gasteiger partial charge < -0.3 is 4.74 Å². The molecule has 4 rings (SSSR count). The number of amides is 1. The average molecular weight is 478 g/mol. The van der Waals surface area contributed by atoms with E-state index in [1.807, 2.05) is 41.8 Å². The van der Waals surface area contributed by atoms with Gasteiger partial charge in [0, 0.05) is 41.6 Å². The molecule has 0 atom stereocenters. The Labute approximate surface area is 180 Å². The van der Waals surface area contributed by atoms with Gasteiger partial charge in [0.1, 0.15) is 0 Å². The Morgan fingerprint density at radius 2 is 2.18 bits per heavy atom. The summed E-state index contributed by atoms with van der Waals surface area (Å²) in [6.07, 6.45) is 3.52. The fourth-order valence-corrected chi connectivity index (χ4v) is 5.16. The number of hydrogen-bond donors (Lipinski definition) is 0. The number of thiophene rings is 1. The summed E-state index contributed by atoms with van der Waals surface area (Å²) in [6.45, 7) is 4.72. The molecule has 0 unspecified atom stereocenters. The Morgan fingerprint density at radius 1 is 1.32 bits per heavy atom. The molecule has 0 radical (unpaired) electrons. The molecule has 0 spiro atoms. The summed E-state index contributed by atoms with van der Waals surface area (Å²) in [7, 11) is 0. The molecule has 2 aromatic heterocycles. The molecule has 0 N–H and O–H groups in total. The molecule has 1 fully saturated rings. The lowest BCUT2D eigenvalue weighted by molar-refractivity contribution is -0.114. The van der Waals surface area contributed by atoms with E-state index in [9.17, 15) is 4.79 Å². The number of carbonyl (C=O) groups excluding carboxylic acids is 1. The van der Waals surface area contributed by atoms with E-state index >= 15 is 0 Å². The van der Waals surface area contributed by atoms with Crippen LogP contribution in [0.15, 0.2) is 46.3 Å². The molecule has 3 heterocycles. The van der Waals surface area contributed by atoms with Crippen molar-refractivity contribution in [2.75, 3.05) is 44.3 Å². The summed E-state index contributed by atoms with van der Waals surface area (Å²) in [5.41, 5.74) is 0.912. The molecule has 28 heavy (non-hydrogen) atoms. The third kappa shape index (κ3) is 4.87. The maximum absolute atomic E-state index is 13.0. The van der Waals surface area contributed by atoms with Gasteiger partial charge in [0.05, 0.1) is 23.4 Å². The van der Waals surface area contributed by atoms with E-state index in [1.165, 1.54) is 0 Å². The van der Waals surface area contributed by atoms with Gasteiger partial charge in [-0.3, -0.25) is 14.6 Å². The normalized spacial score (nSPS) is 15.5. The second-order valence-electron chi connectivity index (χ2n) is 6.40. The lowest BCUT2D eigenvalue weighted by atomic mass is 10.3. The first kappa shape index (κ1) is 19.7. The number of anilines is 1. The first-order valence-electron chi connectivity index (χ1n) is 9.08. The molecule has 8 heteroatoms. The van der Waals surface area contributed by atoms with Crippen molar-refractivity contribution in [2.45, 2.75) is 0 Å². The smallest absolute Gasteiger partial charge is 0.252 e. The molecular weight excluding hydrogens is 458 g/mol. The van der Waals surface area contributed by atoms with Crippen molar-refractivity contribution in [1.29, 1.82) is 0 Å². The second-order valence-corrected chi connectivity index (χ2v) is 9.31. The first-order valence-corrected chi connectivity index (χ1v) is 11.6. The lowest BCUT2D eigenvalue weighted by Gasteiger charge is -2.28. The number of carbonyl (C=O) groups is 1. The molecule has 1 saturated heterocycles. The molecule has 0 bridgehead atoms. The third-order valence-corrected chi connectivity index (χ3v) is 6.88. The Kier molecular flexibility index (Phi) is 6.54. The zero-order chi connectivity index (χ0) is 19.3. The van der Waals surface area contributed by atoms with Crippen LogP contribution >= 0.6 is 38.6 Å². The summed E-state index contributed by atoms with van der Waals surface area (Å²) in [4.78, 5) is 22.9. The van der Waals surface area contributed by atoms with Crippen molar-refractivity contribution < 1.29 is 9.53 Å². The number of thiazole rings is 1. The van der Waals surface area contributed by atoms with Gasteiger partial charge in [0.15, 0.2) is 5.13 Å². The van der Waals surface area contributed by atoms with Crippen molar-refractivity contribution >= 4 is 65.9 Å². The Hall–Kier alpha value is -1.58. The minimum absolute atomic E-state index is 0.0419. The Bertz CT molecular complexity index is 965. The highest BCUT2D eigenvalue weighted by Gasteiger charge is 2.20. The van der Waals surface area contributed by atoms with Gasteiger partial charge >= 0.3 is 0 Å². The predicted octanol–water partition coefficient (Wildman–Crippen LogP) is 4.50. The predicted molar refractivity (Wildman–Crippen MR) is 120 cm³/mol. The maximum Gasteiger partial charge on any atom is 0.252 e. The fourth-order valence-electron chi connectivity index (χ4n) is 3.00. The van der Waals surface area contributed by atoms with Crippen molar-refractivity contribution in [3.8, 4) is 0 Å². The first-order chi connectivity index (χ1) is 13.7. The highest BCUT2D eigenvalue weighted by molar-refractivity contribution is 9.10. The molecule has 0 aliphatic carbocycles. The van der Waals surface area contributed by atoms with E-state index in [1.54, 1.807) is 33.6 Å². The molecular formula is C20H20BrN3O2S2. The number of fused-ring (bicyclic) bond motifs is 1. The maximum atomic E-state index is 13.0. The number of rotatable bonds is 6. The number of benzene rings is 1. The lowest BCUT2D eigenvalue weighted by Crippen LogP contribution is -2.42. The van der Waals surface area contributed by atoms with Gasteiger partial charge in [0.25, 0.3) is 5.91 Å². The van der Waals surface area contributed by atoms with E-state index in [4.69, 9.17) is 9.72 Å². The summed E-state index contributed by atoms with van der Waals surface area (Å²) < 4.78 is 7.50. The SMILES string of the molecule is O=C(/C=C/c1cccs1)N(CCN1CCOCC1)c1nc2ccc(Br)cc2s1. The quantitative estimate of drug-likeness (QED) is 0.490. The largest absolute Gasteiger partial charge is 0.379 e. The van der Waals surface area contributed by atoms with E-state index in [0.717, 1.165) is 57.5 Å². The summed E-state index contributed by atoms with van der Waals surface area (Å²) in [5.74, 6) is -0.0419. The van der Waals surface area contributed by atoms with Gasteiger partial charge in [-0.15, -0.1) is 11.3 Å². The molecule has 0 saturated carbocycles. The van der Waals surface area contributed by atoms with Crippen LogP contribution in [-0.4, -0.2) is 55.2 Å². The van der Waals surface area contributed by atoms with Crippen LogP contribution in [0.5, 0.6) is 0 Å². The Morgan fingerprint density at radius 3 is 2.96 bits per heavy atom. The monoisotopic (exact) mass is 477 g/mol. The van der Waals surface area contributed by atoms with Crippen molar-refractivity contribution in [3.63, 3.8) is 0 Å². The number of halogens is 1. The van der Waals surface area contributed by atoms with Crippen molar-refractivity contribution in [1.82, 2.24) is 9.88 Å². The second kappa shape index (κ2) is 9.28. The summed E-state index contributed by atoms with van der Waals surface area (Å²) in [6, 6.07) is 9.98.